The summed E-state index contributed by atoms with van der Waals surface area (Å²) in [5.74, 6) is 2.41. The predicted octanol–water partition coefficient (Wildman–Crippen LogP) is 5.26. The minimum atomic E-state index is -0.449. The lowest BCUT2D eigenvalue weighted by atomic mass is 9.44. The van der Waals surface area contributed by atoms with Crippen molar-refractivity contribution in [2.45, 2.75) is 89.9 Å². The molecule has 1 heterocycles. The topological polar surface area (TPSA) is 44.8 Å². The second-order valence-electron chi connectivity index (χ2n) is 11.2. The molecule has 1 saturated heterocycles. The first-order chi connectivity index (χ1) is 13.8. The van der Waals surface area contributed by atoms with Gasteiger partial charge in [0.25, 0.3) is 0 Å². The molecule has 4 saturated carbocycles. The van der Waals surface area contributed by atoms with Crippen LogP contribution in [0.3, 0.4) is 0 Å². The number of esters is 1. The summed E-state index contributed by atoms with van der Waals surface area (Å²) in [4.78, 5) is 11.7. The number of ether oxygens (including phenoxy) is 3. The molecule has 1 spiro atoms. The van der Waals surface area contributed by atoms with Crippen LogP contribution in [-0.2, 0) is 19.0 Å². The number of carbonyl (C=O) groups is 1. The molecule has 0 unspecified atom stereocenters. The zero-order valence-electron chi connectivity index (χ0n) is 18.5. The first-order valence-electron chi connectivity index (χ1n) is 11.9. The van der Waals surface area contributed by atoms with Crippen LogP contribution in [-0.4, -0.2) is 30.6 Å². The molecule has 0 aromatic heterocycles. The first kappa shape index (κ1) is 20.1. The maximum absolute atomic E-state index is 11.7. The molecule has 0 bridgehead atoms. The van der Waals surface area contributed by atoms with Gasteiger partial charge in [-0.15, -0.1) is 0 Å². The average Bonchev–Trinajstić information content (AvgIpc) is 3.28. The van der Waals surface area contributed by atoms with E-state index in [1.807, 2.05) is 6.08 Å². The van der Waals surface area contributed by atoms with Crippen molar-refractivity contribution in [3.8, 4) is 0 Å². The molecule has 0 amide bonds. The average molecular weight is 403 g/mol. The highest BCUT2D eigenvalue weighted by Crippen LogP contribution is 2.70. The van der Waals surface area contributed by atoms with Crippen molar-refractivity contribution in [1.29, 1.82) is 0 Å². The monoisotopic (exact) mass is 402 g/mol. The highest BCUT2D eigenvalue weighted by atomic mass is 16.7. The molecule has 0 radical (unpaired) electrons. The third-order valence-corrected chi connectivity index (χ3v) is 10.3. The van der Waals surface area contributed by atoms with E-state index in [9.17, 15) is 4.79 Å². The molecule has 0 aromatic carbocycles. The Morgan fingerprint density at radius 3 is 2.41 bits per heavy atom. The van der Waals surface area contributed by atoms with Gasteiger partial charge in [0.2, 0.25) is 0 Å². The van der Waals surface area contributed by atoms with E-state index >= 15 is 0 Å². The molecule has 162 valence electrons. The lowest BCUT2D eigenvalue weighted by Crippen LogP contribution is -2.58. The normalized spacial score (nSPS) is 50.4. The molecule has 1 aliphatic heterocycles. The molecule has 29 heavy (non-hydrogen) atoms. The van der Waals surface area contributed by atoms with Gasteiger partial charge in [-0.2, -0.15) is 0 Å². The van der Waals surface area contributed by atoms with E-state index in [1.165, 1.54) is 39.0 Å². The Labute approximate surface area is 175 Å². The second-order valence-corrected chi connectivity index (χ2v) is 11.2. The van der Waals surface area contributed by atoms with Crippen molar-refractivity contribution in [2.24, 2.45) is 34.5 Å². The van der Waals surface area contributed by atoms with E-state index in [4.69, 9.17) is 14.2 Å². The van der Waals surface area contributed by atoms with Crippen LogP contribution in [0.1, 0.15) is 78.6 Å². The Kier molecular flexibility index (Phi) is 4.54. The Balaban J connectivity index is 1.39. The summed E-state index contributed by atoms with van der Waals surface area (Å²) in [7, 11) is 0. The van der Waals surface area contributed by atoms with Crippen molar-refractivity contribution in [3.05, 3.63) is 12.7 Å². The van der Waals surface area contributed by atoms with Gasteiger partial charge < -0.3 is 14.2 Å². The van der Waals surface area contributed by atoms with Crippen LogP contribution in [0, 0.1) is 34.5 Å². The third-order valence-electron chi connectivity index (χ3n) is 10.3. The molecule has 5 aliphatic rings. The molecule has 4 nitrogen and oxygen atoms in total. The third kappa shape index (κ3) is 2.67. The van der Waals surface area contributed by atoms with Crippen LogP contribution in [0.15, 0.2) is 12.7 Å². The predicted molar refractivity (Wildman–Crippen MR) is 111 cm³/mol. The lowest BCUT2D eigenvalue weighted by Gasteiger charge is -2.62. The summed E-state index contributed by atoms with van der Waals surface area (Å²) in [6.45, 7) is 12.1. The van der Waals surface area contributed by atoms with E-state index in [0.29, 0.717) is 11.3 Å². The standard InChI is InChI=1S/C25H38O4/c1-5-24(29-17(2)26)13-12-22(3)18(16-24)6-7-19-20(22)8-10-23(4)21(19)9-11-25(23)27-14-15-28-25/h5,18-21H,1,6-16H2,2-4H3/t18-,19+,20-,21+,22-,23-,24-/m0/s1. The summed E-state index contributed by atoms with van der Waals surface area (Å²) >= 11 is 0. The van der Waals surface area contributed by atoms with Gasteiger partial charge in [-0.3, -0.25) is 4.79 Å². The molecule has 4 aliphatic carbocycles. The van der Waals surface area contributed by atoms with Crippen LogP contribution in [0.2, 0.25) is 0 Å². The van der Waals surface area contributed by atoms with E-state index < -0.39 is 5.60 Å². The Hall–Kier alpha value is -0.870. The Morgan fingerprint density at radius 2 is 1.72 bits per heavy atom. The molecule has 7 atom stereocenters. The summed E-state index contributed by atoms with van der Waals surface area (Å²) in [6, 6.07) is 0. The number of rotatable bonds is 2. The summed E-state index contributed by atoms with van der Waals surface area (Å²) in [6.07, 6.45) is 12.3. The summed E-state index contributed by atoms with van der Waals surface area (Å²) in [5, 5.41) is 0. The van der Waals surface area contributed by atoms with Crippen molar-refractivity contribution >= 4 is 5.97 Å². The van der Waals surface area contributed by atoms with Crippen LogP contribution >= 0.6 is 0 Å². The van der Waals surface area contributed by atoms with Crippen LogP contribution in [0.5, 0.6) is 0 Å². The van der Waals surface area contributed by atoms with Gasteiger partial charge in [-0.25, -0.2) is 0 Å². The van der Waals surface area contributed by atoms with E-state index in [1.54, 1.807) is 0 Å². The Bertz CT molecular complexity index is 697. The highest BCUT2D eigenvalue weighted by Gasteiger charge is 2.67. The Morgan fingerprint density at radius 1 is 1.00 bits per heavy atom. The van der Waals surface area contributed by atoms with Gasteiger partial charge >= 0.3 is 5.97 Å². The minimum Gasteiger partial charge on any atom is -0.455 e. The fourth-order valence-corrected chi connectivity index (χ4v) is 8.75. The molecule has 0 N–H and O–H groups in total. The largest absolute Gasteiger partial charge is 0.455 e. The van der Waals surface area contributed by atoms with Crippen LogP contribution < -0.4 is 0 Å². The number of carbonyl (C=O) groups excluding carboxylic acids is 1. The molecule has 0 aromatic rings. The van der Waals surface area contributed by atoms with Gasteiger partial charge in [0, 0.05) is 18.8 Å². The van der Waals surface area contributed by atoms with Crippen molar-refractivity contribution in [1.82, 2.24) is 0 Å². The van der Waals surface area contributed by atoms with E-state index in [0.717, 1.165) is 56.7 Å². The van der Waals surface area contributed by atoms with Gasteiger partial charge in [0.1, 0.15) is 5.60 Å². The zero-order valence-corrected chi connectivity index (χ0v) is 18.5. The van der Waals surface area contributed by atoms with Gasteiger partial charge in [0.05, 0.1) is 13.2 Å². The fraction of sp³-hybridized carbons (Fsp3) is 0.880. The lowest BCUT2D eigenvalue weighted by molar-refractivity contribution is -0.248. The molecule has 5 rings (SSSR count). The van der Waals surface area contributed by atoms with E-state index in [2.05, 4.69) is 20.4 Å². The highest BCUT2D eigenvalue weighted by molar-refractivity contribution is 5.66. The van der Waals surface area contributed by atoms with Crippen molar-refractivity contribution in [2.75, 3.05) is 13.2 Å². The maximum atomic E-state index is 11.7. The molecule has 4 heteroatoms. The minimum absolute atomic E-state index is 0.172. The van der Waals surface area contributed by atoms with Crippen molar-refractivity contribution in [3.63, 3.8) is 0 Å². The zero-order chi connectivity index (χ0) is 20.5. The SMILES string of the molecule is C=C[C@]1(OC(C)=O)CC[C@@]2(C)[C@@H](CC[C@H]3[C@H]4CCC5(OCCO5)[C@@]4(C)CC[C@@H]32)C1. The number of hydrogen-bond donors (Lipinski definition) is 0. The van der Waals surface area contributed by atoms with Gasteiger partial charge in [-0.1, -0.05) is 20.4 Å². The van der Waals surface area contributed by atoms with E-state index in [-0.39, 0.29) is 17.2 Å². The van der Waals surface area contributed by atoms with Crippen LogP contribution in [0.4, 0.5) is 0 Å². The maximum Gasteiger partial charge on any atom is 0.303 e. The number of fused-ring (bicyclic) bond motifs is 6. The second kappa shape index (κ2) is 6.56. The molecule has 5 fully saturated rings. The van der Waals surface area contributed by atoms with Gasteiger partial charge in [0.15, 0.2) is 5.79 Å². The van der Waals surface area contributed by atoms with Crippen LogP contribution in [0.25, 0.3) is 0 Å². The quantitative estimate of drug-likeness (QED) is 0.467. The summed E-state index contributed by atoms with van der Waals surface area (Å²) in [5.41, 5.74) is 0.0736. The van der Waals surface area contributed by atoms with Crippen molar-refractivity contribution < 1.29 is 19.0 Å². The summed E-state index contributed by atoms with van der Waals surface area (Å²) < 4.78 is 18.4. The molecular weight excluding hydrogens is 364 g/mol. The number of hydrogen-bond acceptors (Lipinski definition) is 4. The fourth-order valence-electron chi connectivity index (χ4n) is 8.75. The molecular formula is C25H38O4. The first-order valence-corrected chi connectivity index (χ1v) is 11.9. The van der Waals surface area contributed by atoms with Gasteiger partial charge in [-0.05, 0) is 86.5 Å². The smallest absolute Gasteiger partial charge is 0.303 e.